The van der Waals surface area contributed by atoms with E-state index in [0.29, 0.717) is 6.04 Å². The summed E-state index contributed by atoms with van der Waals surface area (Å²) in [6.07, 6.45) is 4.54. The molecular formula is C10H17N. The van der Waals surface area contributed by atoms with Crippen LogP contribution in [0.2, 0.25) is 0 Å². The van der Waals surface area contributed by atoms with Gasteiger partial charge in [0.2, 0.25) is 0 Å². The fourth-order valence-corrected chi connectivity index (χ4v) is 1.58. The largest absolute Gasteiger partial charge is 0.306 e. The van der Waals surface area contributed by atoms with Crippen LogP contribution in [0.25, 0.3) is 0 Å². The summed E-state index contributed by atoms with van der Waals surface area (Å²) in [4.78, 5) is 2.28. The summed E-state index contributed by atoms with van der Waals surface area (Å²) in [5, 5.41) is 0. The van der Waals surface area contributed by atoms with Gasteiger partial charge in [-0.1, -0.05) is 23.8 Å². The van der Waals surface area contributed by atoms with Crippen LogP contribution in [-0.4, -0.2) is 25.0 Å². The Morgan fingerprint density at radius 3 is 2.55 bits per heavy atom. The summed E-state index contributed by atoms with van der Waals surface area (Å²) >= 11 is 0. The lowest BCUT2D eigenvalue weighted by Crippen LogP contribution is -2.30. The second-order valence-corrected chi connectivity index (χ2v) is 3.67. The van der Waals surface area contributed by atoms with Crippen molar-refractivity contribution in [3.8, 4) is 0 Å². The SMILES string of the molecule is C=C1C=C(C)CC(N(C)C)C1. The van der Waals surface area contributed by atoms with Gasteiger partial charge in [0, 0.05) is 6.04 Å². The van der Waals surface area contributed by atoms with Crippen molar-refractivity contribution in [2.45, 2.75) is 25.8 Å². The van der Waals surface area contributed by atoms with E-state index in [4.69, 9.17) is 0 Å². The second kappa shape index (κ2) is 3.22. The monoisotopic (exact) mass is 151 g/mol. The highest BCUT2D eigenvalue weighted by molar-refractivity contribution is 5.25. The summed E-state index contributed by atoms with van der Waals surface area (Å²) in [7, 11) is 4.27. The first kappa shape index (κ1) is 8.54. The molecule has 0 saturated carbocycles. The Labute approximate surface area is 69.4 Å². The van der Waals surface area contributed by atoms with Crippen LogP contribution in [-0.2, 0) is 0 Å². The first-order chi connectivity index (χ1) is 5.09. The smallest absolute Gasteiger partial charge is 0.0166 e. The Kier molecular flexibility index (Phi) is 2.50. The second-order valence-electron chi connectivity index (χ2n) is 3.67. The Bertz CT molecular complexity index is 189. The van der Waals surface area contributed by atoms with Gasteiger partial charge in [0.25, 0.3) is 0 Å². The average molecular weight is 151 g/mol. The average Bonchev–Trinajstić information content (AvgIpc) is 1.85. The highest BCUT2D eigenvalue weighted by Crippen LogP contribution is 2.23. The number of nitrogens with zero attached hydrogens (tertiary/aromatic N) is 1. The Hall–Kier alpha value is -0.560. The minimum Gasteiger partial charge on any atom is -0.306 e. The van der Waals surface area contributed by atoms with E-state index in [1.807, 2.05) is 0 Å². The minimum atomic E-state index is 0.674. The molecule has 0 bridgehead atoms. The van der Waals surface area contributed by atoms with Crippen molar-refractivity contribution in [2.75, 3.05) is 14.1 Å². The van der Waals surface area contributed by atoms with Crippen LogP contribution in [0.1, 0.15) is 19.8 Å². The molecule has 1 rings (SSSR count). The van der Waals surface area contributed by atoms with Crippen LogP contribution in [0.15, 0.2) is 23.8 Å². The van der Waals surface area contributed by atoms with E-state index in [1.165, 1.54) is 17.6 Å². The summed E-state index contributed by atoms with van der Waals surface area (Å²) in [6.45, 7) is 6.18. The van der Waals surface area contributed by atoms with Gasteiger partial charge in [-0.05, 0) is 33.9 Å². The van der Waals surface area contributed by atoms with Gasteiger partial charge in [0.05, 0.1) is 0 Å². The maximum absolute atomic E-state index is 3.99. The standard InChI is InChI=1S/C10H17N/c1-8-5-9(2)7-10(6-8)11(3)4/h5,10H,1,6-7H2,2-4H3. The minimum absolute atomic E-state index is 0.674. The summed E-state index contributed by atoms with van der Waals surface area (Å²) in [5.74, 6) is 0. The van der Waals surface area contributed by atoms with Crippen LogP contribution in [0, 0.1) is 0 Å². The summed E-state index contributed by atoms with van der Waals surface area (Å²) in [6, 6.07) is 0.674. The van der Waals surface area contributed by atoms with Gasteiger partial charge >= 0.3 is 0 Å². The molecule has 1 atom stereocenters. The van der Waals surface area contributed by atoms with Crippen molar-refractivity contribution in [3.63, 3.8) is 0 Å². The third-order valence-corrected chi connectivity index (χ3v) is 2.24. The van der Waals surface area contributed by atoms with Gasteiger partial charge in [-0.3, -0.25) is 0 Å². The molecule has 0 aliphatic heterocycles. The molecule has 0 aromatic rings. The van der Waals surface area contributed by atoms with Crippen molar-refractivity contribution >= 4 is 0 Å². The molecule has 0 spiro atoms. The Morgan fingerprint density at radius 1 is 1.45 bits per heavy atom. The van der Waals surface area contributed by atoms with E-state index in [0.717, 1.165) is 6.42 Å². The molecule has 11 heavy (non-hydrogen) atoms. The molecular weight excluding hydrogens is 134 g/mol. The van der Waals surface area contributed by atoms with Crippen molar-refractivity contribution in [3.05, 3.63) is 23.8 Å². The highest BCUT2D eigenvalue weighted by Gasteiger charge is 2.16. The van der Waals surface area contributed by atoms with Crippen molar-refractivity contribution in [1.82, 2.24) is 4.90 Å². The Balaban J connectivity index is 2.64. The van der Waals surface area contributed by atoms with Gasteiger partial charge in [-0.15, -0.1) is 0 Å². The molecule has 0 fully saturated rings. The van der Waals surface area contributed by atoms with Gasteiger partial charge in [0.1, 0.15) is 0 Å². The lowest BCUT2D eigenvalue weighted by molar-refractivity contribution is 0.286. The fourth-order valence-electron chi connectivity index (χ4n) is 1.58. The molecule has 0 radical (unpaired) electrons. The lowest BCUT2D eigenvalue weighted by Gasteiger charge is -2.28. The predicted octanol–water partition coefficient (Wildman–Crippen LogP) is 2.21. The third-order valence-electron chi connectivity index (χ3n) is 2.24. The van der Waals surface area contributed by atoms with Gasteiger partial charge in [-0.2, -0.15) is 0 Å². The topological polar surface area (TPSA) is 3.24 Å². The van der Waals surface area contributed by atoms with Crippen LogP contribution in [0.5, 0.6) is 0 Å². The molecule has 1 heteroatoms. The molecule has 0 saturated heterocycles. The summed E-state index contributed by atoms with van der Waals surface area (Å²) in [5.41, 5.74) is 2.73. The zero-order valence-corrected chi connectivity index (χ0v) is 7.72. The predicted molar refractivity (Wildman–Crippen MR) is 49.6 cm³/mol. The molecule has 0 aromatic carbocycles. The van der Waals surface area contributed by atoms with E-state index in [-0.39, 0.29) is 0 Å². The highest BCUT2D eigenvalue weighted by atomic mass is 15.1. The molecule has 62 valence electrons. The number of hydrogen-bond acceptors (Lipinski definition) is 1. The first-order valence-corrected chi connectivity index (χ1v) is 4.11. The zero-order chi connectivity index (χ0) is 8.43. The normalized spacial score (nSPS) is 25.6. The number of allylic oxidation sites excluding steroid dienone is 1. The maximum Gasteiger partial charge on any atom is 0.0166 e. The zero-order valence-electron chi connectivity index (χ0n) is 7.72. The molecule has 1 aliphatic carbocycles. The van der Waals surface area contributed by atoms with Crippen molar-refractivity contribution in [2.24, 2.45) is 0 Å². The maximum atomic E-state index is 3.99. The first-order valence-electron chi connectivity index (χ1n) is 4.11. The van der Waals surface area contributed by atoms with Crippen molar-refractivity contribution < 1.29 is 0 Å². The quantitative estimate of drug-likeness (QED) is 0.555. The molecule has 1 unspecified atom stereocenters. The van der Waals surface area contributed by atoms with E-state index in [9.17, 15) is 0 Å². The lowest BCUT2D eigenvalue weighted by atomic mass is 9.92. The third kappa shape index (κ3) is 2.19. The van der Waals surface area contributed by atoms with Gasteiger partial charge < -0.3 is 4.90 Å². The van der Waals surface area contributed by atoms with Crippen LogP contribution in [0.3, 0.4) is 0 Å². The van der Waals surface area contributed by atoms with Crippen LogP contribution >= 0.6 is 0 Å². The fraction of sp³-hybridized carbons (Fsp3) is 0.600. The van der Waals surface area contributed by atoms with E-state index >= 15 is 0 Å². The van der Waals surface area contributed by atoms with Gasteiger partial charge in [0.15, 0.2) is 0 Å². The van der Waals surface area contributed by atoms with E-state index in [1.54, 1.807) is 0 Å². The van der Waals surface area contributed by atoms with E-state index in [2.05, 4.69) is 38.6 Å². The van der Waals surface area contributed by atoms with E-state index < -0.39 is 0 Å². The van der Waals surface area contributed by atoms with Crippen LogP contribution in [0.4, 0.5) is 0 Å². The number of rotatable bonds is 1. The summed E-state index contributed by atoms with van der Waals surface area (Å²) < 4.78 is 0. The molecule has 0 N–H and O–H groups in total. The van der Waals surface area contributed by atoms with Crippen molar-refractivity contribution in [1.29, 1.82) is 0 Å². The molecule has 1 nitrogen and oxygen atoms in total. The van der Waals surface area contributed by atoms with Crippen LogP contribution < -0.4 is 0 Å². The molecule has 0 aromatic heterocycles. The number of hydrogen-bond donors (Lipinski definition) is 0. The molecule has 1 aliphatic rings. The Morgan fingerprint density at radius 2 is 2.09 bits per heavy atom. The molecule has 0 amide bonds. The van der Waals surface area contributed by atoms with Gasteiger partial charge in [-0.25, -0.2) is 0 Å². The molecule has 0 heterocycles.